The fraction of sp³-hybridized carbons (Fsp3) is 0.0345. The van der Waals surface area contributed by atoms with Gasteiger partial charge in [-0.2, -0.15) is 0 Å². The first-order valence-corrected chi connectivity index (χ1v) is 10.2. The number of pyridine rings is 2. The number of halogens is 3. The minimum Gasteiger partial charge on any atom is -0.304 e. The normalized spacial score (nSPS) is 11.7. The molecule has 35 heavy (non-hydrogen) atoms. The van der Waals surface area contributed by atoms with Crippen LogP contribution in [0.1, 0.15) is 9.68 Å². The molecule has 0 aliphatic heterocycles. The van der Waals surface area contributed by atoms with Crippen LogP contribution in [0.5, 0.6) is 0 Å². The molecule has 0 amide bonds. The molecule has 6 heteroatoms. The van der Waals surface area contributed by atoms with E-state index in [4.69, 9.17) is 4.11 Å². The molecule has 0 saturated carbocycles. The van der Waals surface area contributed by atoms with Gasteiger partial charge in [0.15, 0.2) is 0 Å². The number of benzene rings is 3. The third-order valence-electron chi connectivity index (χ3n) is 4.81. The van der Waals surface area contributed by atoms with Crippen LogP contribution in [-0.2, 0) is 20.1 Å². The van der Waals surface area contributed by atoms with E-state index in [1.807, 2.05) is 60.8 Å². The van der Waals surface area contributed by atoms with Gasteiger partial charge >= 0.3 is 0 Å². The van der Waals surface area contributed by atoms with E-state index >= 15 is 0 Å². The topological polar surface area (TPSA) is 25.8 Å². The Bertz CT molecular complexity index is 1380. The van der Waals surface area contributed by atoms with Crippen LogP contribution in [0.2, 0.25) is 0 Å². The van der Waals surface area contributed by atoms with Crippen molar-refractivity contribution >= 4 is 0 Å². The first-order valence-electron chi connectivity index (χ1n) is 11.7. The summed E-state index contributed by atoms with van der Waals surface area (Å²) in [6, 6.07) is 30.8. The van der Waals surface area contributed by atoms with Gasteiger partial charge in [0, 0.05) is 36.6 Å². The Balaban J connectivity index is 0.000000205. The zero-order chi connectivity index (χ0) is 26.4. The molecule has 0 aliphatic carbocycles. The molecular weight excluding hydrogens is 626 g/mol. The summed E-state index contributed by atoms with van der Waals surface area (Å²) in [5.74, 6) is -4.41. The molecular formula is C29H19F3IrN2-2. The largest absolute Gasteiger partial charge is 0.304 e. The van der Waals surface area contributed by atoms with Gasteiger partial charge in [0.25, 0.3) is 0 Å². The minimum atomic E-state index is -2.31. The van der Waals surface area contributed by atoms with E-state index in [0.29, 0.717) is 0 Å². The second-order valence-corrected chi connectivity index (χ2v) is 7.17. The van der Waals surface area contributed by atoms with E-state index in [9.17, 15) is 13.2 Å². The number of hydrogen-bond donors (Lipinski definition) is 0. The van der Waals surface area contributed by atoms with Crippen LogP contribution < -0.4 is 0 Å². The van der Waals surface area contributed by atoms with Crippen molar-refractivity contribution in [2.24, 2.45) is 0 Å². The molecule has 0 N–H and O–H groups in total. The van der Waals surface area contributed by atoms with Crippen molar-refractivity contribution in [1.29, 1.82) is 0 Å². The van der Waals surface area contributed by atoms with Gasteiger partial charge in [-0.05, 0) is 34.9 Å². The summed E-state index contributed by atoms with van der Waals surface area (Å²) < 4.78 is 60.3. The second-order valence-electron chi connectivity index (χ2n) is 7.17. The SMILES string of the molecule is [2H]C([2H])([2H])c1ccc(-c2[c-]c(F)c(F)c(F)c2)nc1.[Ir].[c-]1ccccc1-c1ccc(-c2ccccc2)cn1. The molecule has 3 aromatic carbocycles. The smallest absolute Gasteiger partial charge is 0.108 e. The molecule has 0 unspecified atom stereocenters. The van der Waals surface area contributed by atoms with Crippen molar-refractivity contribution in [3.8, 4) is 33.6 Å². The summed E-state index contributed by atoms with van der Waals surface area (Å²) in [7, 11) is 0. The van der Waals surface area contributed by atoms with Crippen molar-refractivity contribution in [2.45, 2.75) is 6.85 Å². The van der Waals surface area contributed by atoms with Crippen molar-refractivity contribution in [3.63, 3.8) is 0 Å². The molecule has 177 valence electrons. The van der Waals surface area contributed by atoms with Gasteiger partial charge in [0.1, 0.15) is 5.82 Å². The maximum absolute atomic E-state index is 13.0. The Morgan fingerprint density at radius 3 is 2.06 bits per heavy atom. The zero-order valence-electron chi connectivity index (χ0n) is 21.1. The van der Waals surface area contributed by atoms with E-state index in [0.717, 1.165) is 29.1 Å². The summed E-state index contributed by atoms with van der Waals surface area (Å²) in [6.45, 7) is -2.31. The molecule has 5 rings (SSSR count). The molecule has 0 spiro atoms. The maximum atomic E-state index is 13.0. The third-order valence-corrected chi connectivity index (χ3v) is 4.81. The molecule has 0 fully saturated rings. The van der Waals surface area contributed by atoms with E-state index in [1.165, 1.54) is 17.7 Å². The van der Waals surface area contributed by atoms with Crippen molar-refractivity contribution in [1.82, 2.24) is 9.97 Å². The third kappa shape index (κ3) is 6.72. The van der Waals surface area contributed by atoms with Crippen LogP contribution >= 0.6 is 0 Å². The zero-order valence-corrected chi connectivity index (χ0v) is 20.5. The predicted octanol–water partition coefficient (Wildman–Crippen LogP) is 7.49. The maximum Gasteiger partial charge on any atom is 0.108 e. The number of aryl methyl sites for hydroxylation is 1. The summed E-state index contributed by atoms with van der Waals surface area (Å²) >= 11 is 0. The van der Waals surface area contributed by atoms with Gasteiger partial charge < -0.3 is 9.97 Å². The van der Waals surface area contributed by atoms with Gasteiger partial charge in [0.2, 0.25) is 0 Å². The molecule has 0 bridgehead atoms. The van der Waals surface area contributed by atoms with Crippen molar-refractivity contribution in [3.05, 3.63) is 132 Å². The molecule has 2 nitrogen and oxygen atoms in total. The van der Waals surface area contributed by atoms with Crippen LogP contribution in [0.15, 0.2) is 97.3 Å². The van der Waals surface area contributed by atoms with E-state index < -0.39 is 24.3 Å². The summed E-state index contributed by atoms with van der Waals surface area (Å²) in [6.07, 6.45) is 2.99. The van der Waals surface area contributed by atoms with Crippen LogP contribution in [0, 0.1) is 36.4 Å². The Kier molecular flexibility index (Phi) is 7.64. The fourth-order valence-corrected chi connectivity index (χ4v) is 3.10. The van der Waals surface area contributed by atoms with Crippen molar-refractivity contribution in [2.75, 3.05) is 0 Å². The molecule has 0 saturated heterocycles. The second kappa shape index (κ2) is 12.2. The van der Waals surface area contributed by atoms with E-state index in [-0.39, 0.29) is 36.9 Å². The average Bonchev–Trinajstić information content (AvgIpc) is 2.92. The van der Waals surface area contributed by atoms with Gasteiger partial charge in [-0.25, -0.2) is 8.78 Å². The van der Waals surface area contributed by atoms with Gasteiger partial charge in [0.05, 0.1) is 11.6 Å². The van der Waals surface area contributed by atoms with E-state index in [2.05, 4.69) is 34.2 Å². The Morgan fingerprint density at radius 1 is 0.743 bits per heavy atom. The fourth-order valence-electron chi connectivity index (χ4n) is 3.10. The van der Waals surface area contributed by atoms with E-state index in [1.54, 1.807) is 0 Å². The van der Waals surface area contributed by atoms with Crippen LogP contribution in [0.4, 0.5) is 13.2 Å². The predicted molar refractivity (Wildman–Crippen MR) is 127 cm³/mol. The number of aromatic nitrogens is 2. The number of rotatable bonds is 3. The van der Waals surface area contributed by atoms with Crippen LogP contribution in [0.25, 0.3) is 33.6 Å². The Hall–Kier alpha value is -3.60. The summed E-state index contributed by atoms with van der Waals surface area (Å²) in [4.78, 5) is 8.27. The van der Waals surface area contributed by atoms with Crippen LogP contribution in [-0.4, -0.2) is 9.97 Å². The number of hydrogen-bond acceptors (Lipinski definition) is 2. The molecule has 0 aliphatic rings. The number of nitrogens with zero attached hydrogens (tertiary/aromatic N) is 2. The average molecular weight is 648 g/mol. The first-order chi connectivity index (χ1) is 17.7. The van der Waals surface area contributed by atoms with Crippen LogP contribution in [0.3, 0.4) is 0 Å². The van der Waals surface area contributed by atoms with Gasteiger partial charge in [-0.3, -0.25) is 4.39 Å². The summed E-state index contributed by atoms with van der Waals surface area (Å²) in [5.41, 5.74) is 4.31. The monoisotopic (exact) mass is 648 g/mol. The Morgan fingerprint density at radius 2 is 1.46 bits per heavy atom. The molecule has 5 aromatic rings. The van der Waals surface area contributed by atoms with Gasteiger partial charge in [-0.1, -0.05) is 54.6 Å². The summed E-state index contributed by atoms with van der Waals surface area (Å²) in [5, 5.41) is 0. The molecule has 0 atom stereocenters. The molecule has 1 radical (unpaired) electrons. The van der Waals surface area contributed by atoms with Crippen molar-refractivity contribution < 1.29 is 37.4 Å². The standard InChI is InChI=1S/C17H12N.C12H7F3N.Ir/c1-3-7-14(8-4-1)16-11-12-17(18-13-16)15-9-5-2-6-10-15;1-7-2-3-11(16-6-7)8-4-9(13)12(15)10(14)5-8;/h1-9,11-13H;2-4,6H,1H3;/q2*-1;/i;1D3;. The quantitative estimate of drug-likeness (QED) is 0.150. The molecule has 2 aromatic heterocycles. The first kappa shape index (κ1) is 21.9. The van der Waals surface area contributed by atoms with Gasteiger partial charge in [-0.15, -0.1) is 53.6 Å². The Labute approximate surface area is 220 Å². The molecule has 2 heterocycles. The minimum absolute atomic E-state index is 0.